The maximum atomic E-state index is 12.6. The molecular formula is C15H16N4O4. The van der Waals surface area contributed by atoms with Crippen molar-refractivity contribution in [3.05, 3.63) is 42.2 Å². The summed E-state index contributed by atoms with van der Waals surface area (Å²) in [5, 5.41) is 16.8. The lowest BCUT2D eigenvalue weighted by Gasteiger charge is -2.34. The number of aliphatic carboxylic acids is 1. The van der Waals surface area contributed by atoms with E-state index in [1.165, 1.54) is 9.58 Å². The van der Waals surface area contributed by atoms with Crippen molar-refractivity contribution in [2.45, 2.75) is 12.5 Å². The predicted octanol–water partition coefficient (Wildman–Crippen LogP) is 0.583. The van der Waals surface area contributed by atoms with E-state index in [2.05, 4.69) is 10.3 Å². The largest absolute Gasteiger partial charge is 0.481 e. The van der Waals surface area contributed by atoms with Crippen molar-refractivity contribution in [2.75, 3.05) is 19.8 Å². The second-order valence-corrected chi connectivity index (χ2v) is 5.21. The van der Waals surface area contributed by atoms with E-state index in [9.17, 15) is 9.59 Å². The van der Waals surface area contributed by atoms with Crippen LogP contribution in [-0.4, -0.2) is 62.7 Å². The van der Waals surface area contributed by atoms with Crippen molar-refractivity contribution < 1.29 is 19.4 Å². The van der Waals surface area contributed by atoms with Gasteiger partial charge in [0.05, 0.1) is 37.6 Å². The van der Waals surface area contributed by atoms with Crippen molar-refractivity contribution in [1.29, 1.82) is 0 Å². The Kier molecular flexibility index (Phi) is 4.33. The number of carboxylic acid groups (broad SMARTS) is 1. The zero-order valence-electron chi connectivity index (χ0n) is 12.3. The topological polar surface area (TPSA) is 97.6 Å². The van der Waals surface area contributed by atoms with Crippen LogP contribution in [0.5, 0.6) is 0 Å². The molecule has 1 aromatic carbocycles. The first-order valence-electron chi connectivity index (χ1n) is 7.23. The van der Waals surface area contributed by atoms with Crippen molar-refractivity contribution >= 4 is 11.9 Å². The molecule has 2 heterocycles. The highest BCUT2D eigenvalue weighted by atomic mass is 16.5. The lowest BCUT2D eigenvalue weighted by Crippen LogP contribution is -2.49. The first-order chi connectivity index (χ1) is 11.1. The van der Waals surface area contributed by atoms with Crippen LogP contribution in [-0.2, 0) is 9.53 Å². The molecule has 0 radical (unpaired) electrons. The van der Waals surface area contributed by atoms with Crippen LogP contribution in [0.25, 0.3) is 5.69 Å². The first kappa shape index (κ1) is 15.2. The molecule has 0 aliphatic carbocycles. The van der Waals surface area contributed by atoms with Crippen LogP contribution in [0.15, 0.2) is 36.5 Å². The van der Waals surface area contributed by atoms with E-state index in [0.717, 1.165) is 5.69 Å². The Bertz CT molecular complexity index is 701. The van der Waals surface area contributed by atoms with Crippen molar-refractivity contribution in [3.8, 4) is 5.69 Å². The van der Waals surface area contributed by atoms with E-state index in [-0.39, 0.29) is 24.6 Å². The van der Waals surface area contributed by atoms with Gasteiger partial charge in [-0.2, -0.15) is 0 Å². The summed E-state index contributed by atoms with van der Waals surface area (Å²) in [7, 11) is 0. The number of benzene rings is 1. The minimum absolute atomic E-state index is 0.154. The lowest BCUT2D eigenvalue weighted by molar-refractivity contribution is -0.139. The van der Waals surface area contributed by atoms with Crippen LogP contribution in [0.2, 0.25) is 0 Å². The average Bonchev–Trinajstić information content (AvgIpc) is 3.05. The zero-order chi connectivity index (χ0) is 16.2. The fourth-order valence-corrected chi connectivity index (χ4v) is 2.51. The maximum Gasteiger partial charge on any atom is 0.305 e. The Morgan fingerprint density at radius 2 is 2.09 bits per heavy atom. The van der Waals surface area contributed by atoms with E-state index in [1.54, 1.807) is 6.20 Å². The van der Waals surface area contributed by atoms with Crippen molar-refractivity contribution in [3.63, 3.8) is 0 Å². The summed E-state index contributed by atoms with van der Waals surface area (Å²) in [6.07, 6.45) is 1.39. The molecule has 1 aromatic heterocycles. The van der Waals surface area contributed by atoms with Crippen molar-refractivity contribution in [2.24, 2.45) is 0 Å². The Morgan fingerprint density at radius 1 is 1.30 bits per heavy atom. The lowest BCUT2D eigenvalue weighted by atomic mass is 10.1. The number of carbonyl (C=O) groups excluding carboxylic acids is 1. The fourth-order valence-electron chi connectivity index (χ4n) is 2.51. The van der Waals surface area contributed by atoms with Gasteiger partial charge in [0.1, 0.15) is 0 Å². The van der Waals surface area contributed by atoms with Gasteiger partial charge in [-0.1, -0.05) is 23.4 Å². The van der Waals surface area contributed by atoms with Crippen LogP contribution < -0.4 is 0 Å². The smallest absolute Gasteiger partial charge is 0.305 e. The van der Waals surface area contributed by atoms with Gasteiger partial charge in [-0.05, 0) is 12.1 Å². The van der Waals surface area contributed by atoms with Crippen LogP contribution in [0, 0.1) is 0 Å². The molecule has 1 amide bonds. The molecule has 1 unspecified atom stereocenters. The number of morpholine rings is 1. The van der Waals surface area contributed by atoms with Gasteiger partial charge in [-0.25, -0.2) is 4.68 Å². The molecular weight excluding hydrogens is 300 g/mol. The van der Waals surface area contributed by atoms with E-state index < -0.39 is 12.0 Å². The van der Waals surface area contributed by atoms with Gasteiger partial charge in [-0.15, -0.1) is 5.10 Å². The maximum absolute atomic E-state index is 12.6. The highest BCUT2D eigenvalue weighted by molar-refractivity contribution is 5.92. The predicted molar refractivity (Wildman–Crippen MR) is 79.3 cm³/mol. The molecule has 120 valence electrons. The molecule has 3 rings (SSSR count). The number of para-hydroxylation sites is 1. The van der Waals surface area contributed by atoms with Gasteiger partial charge >= 0.3 is 5.97 Å². The molecule has 23 heavy (non-hydrogen) atoms. The molecule has 8 nitrogen and oxygen atoms in total. The molecule has 1 atom stereocenters. The number of nitrogens with zero attached hydrogens (tertiary/aromatic N) is 4. The standard InChI is InChI=1S/C15H16N4O4/c20-14(21)8-12-10-23-7-6-18(12)15(22)13-9-19(17-16-13)11-4-2-1-3-5-11/h1-5,9,12H,6-8,10H2,(H,20,21). The summed E-state index contributed by atoms with van der Waals surface area (Å²) in [4.78, 5) is 25.0. The van der Waals surface area contributed by atoms with E-state index >= 15 is 0 Å². The molecule has 0 bridgehead atoms. The number of amides is 1. The molecule has 1 fully saturated rings. The van der Waals surface area contributed by atoms with Crippen molar-refractivity contribution in [1.82, 2.24) is 19.9 Å². The first-order valence-corrected chi connectivity index (χ1v) is 7.23. The Morgan fingerprint density at radius 3 is 2.83 bits per heavy atom. The second kappa shape index (κ2) is 6.57. The van der Waals surface area contributed by atoms with Gasteiger partial charge in [0, 0.05) is 6.54 Å². The summed E-state index contributed by atoms with van der Waals surface area (Å²) < 4.78 is 6.79. The number of carbonyl (C=O) groups is 2. The third kappa shape index (κ3) is 3.37. The van der Waals surface area contributed by atoms with Gasteiger partial charge in [0.2, 0.25) is 0 Å². The highest BCUT2D eigenvalue weighted by Crippen LogP contribution is 2.15. The van der Waals surface area contributed by atoms with Crippen LogP contribution in [0.4, 0.5) is 0 Å². The third-order valence-electron chi connectivity index (χ3n) is 3.63. The Hall–Kier alpha value is -2.74. The van der Waals surface area contributed by atoms with Crippen LogP contribution in [0.3, 0.4) is 0 Å². The summed E-state index contributed by atoms with van der Waals surface area (Å²) in [5.41, 5.74) is 0.981. The number of hydrogen-bond donors (Lipinski definition) is 1. The Labute approximate surface area is 132 Å². The molecule has 1 aliphatic heterocycles. The fraction of sp³-hybridized carbons (Fsp3) is 0.333. The van der Waals surface area contributed by atoms with Gasteiger partial charge in [0.15, 0.2) is 5.69 Å². The minimum atomic E-state index is -0.966. The zero-order valence-corrected chi connectivity index (χ0v) is 12.3. The quantitative estimate of drug-likeness (QED) is 0.886. The number of hydrogen-bond acceptors (Lipinski definition) is 5. The number of rotatable bonds is 4. The summed E-state index contributed by atoms with van der Waals surface area (Å²) in [6.45, 7) is 0.939. The number of ether oxygens (including phenoxy) is 1. The van der Waals surface area contributed by atoms with Gasteiger partial charge in [-0.3, -0.25) is 9.59 Å². The van der Waals surface area contributed by atoms with E-state index in [1.807, 2.05) is 30.3 Å². The van der Waals surface area contributed by atoms with E-state index in [0.29, 0.717) is 13.2 Å². The monoisotopic (exact) mass is 316 g/mol. The minimum Gasteiger partial charge on any atom is -0.481 e. The van der Waals surface area contributed by atoms with Gasteiger partial charge in [0.25, 0.3) is 5.91 Å². The number of aromatic nitrogens is 3. The summed E-state index contributed by atoms with van der Waals surface area (Å²) in [6, 6.07) is 8.83. The average molecular weight is 316 g/mol. The second-order valence-electron chi connectivity index (χ2n) is 5.21. The van der Waals surface area contributed by atoms with E-state index in [4.69, 9.17) is 9.84 Å². The Balaban J connectivity index is 1.79. The SMILES string of the molecule is O=C(O)CC1COCCN1C(=O)c1cn(-c2ccccc2)nn1. The van der Waals surface area contributed by atoms with Crippen LogP contribution in [0.1, 0.15) is 16.9 Å². The molecule has 1 saturated heterocycles. The molecule has 1 N–H and O–H groups in total. The normalized spacial score (nSPS) is 17.9. The van der Waals surface area contributed by atoms with Gasteiger partial charge < -0.3 is 14.7 Å². The number of carboxylic acids is 1. The molecule has 2 aromatic rings. The molecule has 8 heteroatoms. The molecule has 1 aliphatic rings. The summed E-state index contributed by atoms with van der Waals surface area (Å²) >= 11 is 0. The van der Waals surface area contributed by atoms with Crippen LogP contribution >= 0.6 is 0 Å². The molecule has 0 saturated carbocycles. The molecule has 0 spiro atoms. The summed E-state index contributed by atoms with van der Waals surface area (Å²) in [5.74, 6) is -1.30. The highest BCUT2D eigenvalue weighted by Gasteiger charge is 2.31. The third-order valence-corrected chi connectivity index (χ3v) is 3.63.